The van der Waals surface area contributed by atoms with Gasteiger partial charge in [-0.2, -0.15) is 0 Å². The van der Waals surface area contributed by atoms with Crippen LogP contribution in [0.15, 0.2) is 36.4 Å². The maximum atomic E-state index is 13.3. The van der Waals surface area contributed by atoms with Gasteiger partial charge in [0.1, 0.15) is 11.7 Å². The summed E-state index contributed by atoms with van der Waals surface area (Å²) in [4.78, 5) is 40.9. The number of piperidine rings is 1. The lowest BCUT2D eigenvalue weighted by Crippen LogP contribution is -2.39. The number of benzene rings is 2. The molecule has 0 bridgehead atoms. The van der Waals surface area contributed by atoms with E-state index in [1.54, 1.807) is 0 Å². The average Bonchev–Trinajstić information content (AvgIpc) is 3.01. The molecule has 4 nitrogen and oxygen atoms in total. The zero-order valence-electron chi connectivity index (χ0n) is 19.6. The van der Waals surface area contributed by atoms with Gasteiger partial charge in [0.05, 0.1) is 0 Å². The summed E-state index contributed by atoms with van der Waals surface area (Å²) in [5, 5.41) is 0. The van der Waals surface area contributed by atoms with Crippen LogP contribution in [0.25, 0.3) is 0 Å². The van der Waals surface area contributed by atoms with Crippen LogP contribution in [0, 0.1) is 39.5 Å². The van der Waals surface area contributed by atoms with Gasteiger partial charge in [-0.25, -0.2) is 0 Å². The van der Waals surface area contributed by atoms with Gasteiger partial charge in [-0.15, -0.1) is 0 Å². The molecule has 4 rings (SSSR count). The Labute approximate surface area is 191 Å². The largest absolute Gasteiger partial charge is 0.339 e. The van der Waals surface area contributed by atoms with E-state index in [0.29, 0.717) is 25.4 Å². The predicted octanol–water partition coefficient (Wildman–Crippen LogP) is 5.10. The zero-order chi connectivity index (χ0) is 23.0. The molecule has 2 unspecified atom stereocenters. The minimum absolute atomic E-state index is 0.0714. The van der Waals surface area contributed by atoms with Gasteiger partial charge >= 0.3 is 0 Å². The predicted molar refractivity (Wildman–Crippen MR) is 126 cm³/mol. The Morgan fingerprint density at radius 3 is 2.22 bits per heavy atom. The summed E-state index contributed by atoms with van der Waals surface area (Å²) in [6.45, 7) is 9.48. The van der Waals surface area contributed by atoms with Crippen LogP contribution < -0.4 is 0 Å². The van der Waals surface area contributed by atoms with E-state index in [1.165, 1.54) is 0 Å². The molecule has 1 heterocycles. The molecule has 168 valence electrons. The molecule has 2 aromatic rings. The minimum atomic E-state index is -0.594. The molecular formula is C28H33NO3. The molecule has 0 N–H and O–H groups in total. The average molecular weight is 432 g/mol. The van der Waals surface area contributed by atoms with Crippen molar-refractivity contribution < 1.29 is 14.4 Å². The molecule has 1 amide bonds. The molecule has 2 atom stereocenters. The first-order chi connectivity index (χ1) is 15.2. The van der Waals surface area contributed by atoms with Gasteiger partial charge in [0.2, 0.25) is 0 Å². The second-order valence-corrected chi connectivity index (χ2v) is 9.86. The Bertz CT molecular complexity index is 1040. The van der Waals surface area contributed by atoms with Gasteiger partial charge < -0.3 is 4.90 Å². The highest BCUT2D eigenvalue weighted by molar-refractivity contribution is 6.15. The van der Waals surface area contributed by atoms with Crippen LogP contribution in [-0.2, 0) is 9.59 Å². The van der Waals surface area contributed by atoms with Crippen LogP contribution in [0.3, 0.4) is 0 Å². The summed E-state index contributed by atoms with van der Waals surface area (Å²) in [7, 11) is 0. The number of Topliss-reactive ketones (excluding diaryl/α,β-unsaturated/α-hetero) is 2. The summed E-state index contributed by atoms with van der Waals surface area (Å²) >= 11 is 0. The SMILES string of the molecule is Cc1cccc(C(=O)N2CCC(CC3CC(=O)C(c4c(C)cc(C)cc4C)C3=O)CC2)c1. The summed E-state index contributed by atoms with van der Waals surface area (Å²) < 4.78 is 0. The fraction of sp³-hybridized carbons (Fsp3) is 0.464. The normalized spacial score (nSPS) is 21.9. The lowest BCUT2D eigenvalue weighted by molar-refractivity contribution is -0.125. The molecule has 0 aromatic heterocycles. The Morgan fingerprint density at radius 1 is 0.938 bits per heavy atom. The van der Waals surface area contributed by atoms with Crippen LogP contribution in [0.2, 0.25) is 0 Å². The zero-order valence-corrected chi connectivity index (χ0v) is 19.6. The third-order valence-corrected chi connectivity index (χ3v) is 7.27. The molecule has 1 saturated heterocycles. The van der Waals surface area contributed by atoms with Crippen molar-refractivity contribution in [1.29, 1.82) is 0 Å². The lowest BCUT2D eigenvalue weighted by Gasteiger charge is -2.33. The third kappa shape index (κ3) is 4.41. The molecular weight excluding hydrogens is 398 g/mol. The number of carbonyl (C=O) groups excluding carboxylic acids is 3. The number of carbonyl (C=O) groups is 3. The molecule has 4 heteroatoms. The van der Waals surface area contributed by atoms with Crippen molar-refractivity contribution in [2.45, 2.75) is 59.3 Å². The van der Waals surface area contributed by atoms with Crippen molar-refractivity contribution in [2.75, 3.05) is 13.1 Å². The fourth-order valence-corrected chi connectivity index (χ4v) is 5.74. The quantitative estimate of drug-likeness (QED) is 0.633. The Balaban J connectivity index is 1.38. The lowest BCUT2D eigenvalue weighted by atomic mass is 9.83. The maximum absolute atomic E-state index is 13.3. The van der Waals surface area contributed by atoms with Crippen molar-refractivity contribution >= 4 is 17.5 Å². The van der Waals surface area contributed by atoms with Crippen LogP contribution in [0.5, 0.6) is 0 Å². The van der Waals surface area contributed by atoms with Crippen LogP contribution >= 0.6 is 0 Å². The number of hydrogen-bond donors (Lipinski definition) is 0. The number of ketones is 2. The summed E-state index contributed by atoms with van der Waals surface area (Å²) in [6, 6.07) is 11.9. The van der Waals surface area contributed by atoms with E-state index in [2.05, 4.69) is 12.1 Å². The van der Waals surface area contributed by atoms with Crippen LogP contribution in [-0.4, -0.2) is 35.5 Å². The van der Waals surface area contributed by atoms with Crippen LogP contribution in [0.4, 0.5) is 0 Å². The van der Waals surface area contributed by atoms with E-state index in [1.807, 2.05) is 56.9 Å². The first-order valence-corrected chi connectivity index (χ1v) is 11.7. The number of hydrogen-bond acceptors (Lipinski definition) is 3. The van der Waals surface area contributed by atoms with E-state index in [-0.39, 0.29) is 23.4 Å². The highest BCUT2D eigenvalue weighted by atomic mass is 16.2. The fourth-order valence-electron chi connectivity index (χ4n) is 5.74. The smallest absolute Gasteiger partial charge is 0.253 e. The molecule has 0 spiro atoms. The molecule has 1 aliphatic heterocycles. The second-order valence-electron chi connectivity index (χ2n) is 9.86. The van der Waals surface area contributed by atoms with E-state index < -0.39 is 5.92 Å². The molecule has 1 aliphatic carbocycles. The highest BCUT2D eigenvalue weighted by Crippen LogP contribution is 2.40. The van der Waals surface area contributed by atoms with Crippen molar-refractivity contribution in [2.24, 2.45) is 11.8 Å². The molecule has 2 aromatic carbocycles. The summed E-state index contributed by atoms with van der Waals surface area (Å²) in [5.74, 6) is -0.132. The van der Waals surface area contributed by atoms with E-state index in [4.69, 9.17) is 0 Å². The van der Waals surface area contributed by atoms with Gasteiger partial charge in [0.25, 0.3) is 5.91 Å². The highest BCUT2D eigenvalue weighted by Gasteiger charge is 2.44. The molecule has 2 aliphatic rings. The minimum Gasteiger partial charge on any atom is -0.339 e. The van der Waals surface area contributed by atoms with Gasteiger partial charge in [-0.3, -0.25) is 14.4 Å². The van der Waals surface area contributed by atoms with E-state index in [9.17, 15) is 14.4 Å². The van der Waals surface area contributed by atoms with E-state index in [0.717, 1.165) is 52.6 Å². The van der Waals surface area contributed by atoms with Gasteiger partial charge in [-0.1, -0.05) is 35.4 Å². The first kappa shape index (κ1) is 22.4. The number of nitrogens with zero attached hydrogens (tertiary/aromatic N) is 1. The Hall–Kier alpha value is -2.75. The topological polar surface area (TPSA) is 54.5 Å². The summed E-state index contributed by atoms with van der Waals surface area (Å²) in [5.41, 5.74) is 5.99. The summed E-state index contributed by atoms with van der Waals surface area (Å²) in [6.07, 6.45) is 2.90. The van der Waals surface area contributed by atoms with Crippen molar-refractivity contribution in [3.63, 3.8) is 0 Å². The van der Waals surface area contributed by atoms with Gasteiger partial charge in [-0.05, 0) is 81.7 Å². The molecule has 32 heavy (non-hydrogen) atoms. The number of rotatable bonds is 4. The van der Waals surface area contributed by atoms with E-state index >= 15 is 0 Å². The molecule has 2 fully saturated rings. The second kappa shape index (κ2) is 9.01. The number of amides is 1. The van der Waals surface area contributed by atoms with Gasteiger partial charge in [0, 0.05) is 31.0 Å². The van der Waals surface area contributed by atoms with Crippen LogP contribution in [0.1, 0.15) is 69.8 Å². The van der Waals surface area contributed by atoms with Crippen molar-refractivity contribution in [3.05, 3.63) is 69.8 Å². The van der Waals surface area contributed by atoms with Crippen molar-refractivity contribution in [3.8, 4) is 0 Å². The third-order valence-electron chi connectivity index (χ3n) is 7.27. The first-order valence-electron chi connectivity index (χ1n) is 11.7. The Kier molecular flexibility index (Phi) is 6.32. The van der Waals surface area contributed by atoms with Crippen molar-refractivity contribution in [1.82, 2.24) is 4.90 Å². The van der Waals surface area contributed by atoms with Gasteiger partial charge in [0.15, 0.2) is 5.78 Å². The monoisotopic (exact) mass is 431 g/mol. The molecule has 0 radical (unpaired) electrons. The molecule has 1 saturated carbocycles. The number of likely N-dealkylation sites (tertiary alicyclic amines) is 1. The Morgan fingerprint density at radius 2 is 1.59 bits per heavy atom. The number of aryl methyl sites for hydroxylation is 4. The standard InChI is InChI=1S/C28H33NO3/c1-17-6-5-7-22(14-17)28(32)29-10-8-21(9-11-29)15-23-16-24(30)26(27(23)31)25-19(3)12-18(2)13-20(25)4/h5-7,12-14,21,23,26H,8-11,15-16H2,1-4H3. The maximum Gasteiger partial charge on any atom is 0.253 e.